The molecule has 3 rings (SSSR count). The van der Waals surface area contributed by atoms with Crippen molar-refractivity contribution in [1.29, 1.82) is 0 Å². The van der Waals surface area contributed by atoms with E-state index in [0.717, 1.165) is 10.1 Å². The maximum Gasteiger partial charge on any atom is 0.293 e. The van der Waals surface area contributed by atoms with Crippen LogP contribution in [0.1, 0.15) is 16.3 Å². The number of rotatable bonds is 8. The van der Waals surface area contributed by atoms with E-state index in [2.05, 4.69) is 22.1 Å². The second kappa shape index (κ2) is 8.63. The lowest BCUT2D eigenvalue weighted by atomic mass is 10.3. The van der Waals surface area contributed by atoms with Crippen LogP contribution in [0, 0.1) is 5.82 Å². The number of carbonyl (C=O) groups is 1. The molecule has 0 spiro atoms. The number of nitrogens with one attached hydrogen (secondary N) is 1. The Kier molecular flexibility index (Phi) is 6.03. The molecule has 26 heavy (non-hydrogen) atoms. The summed E-state index contributed by atoms with van der Waals surface area (Å²) in [5, 5.41) is 10.9. The van der Waals surface area contributed by atoms with Crippen molar-refractivity contribution in [3.63, 3.8) is 0 Å². The first-order valence-electron chi connectivity index (χ1n) is 7.49. The highest BCUT2D eigenvalue weighted by molar-refractivity contribution is 8.01. The quantitative estimate of drug-likeness (QED) is 0.349. The number of nitrogens with zero attached hydrogens (tertiary/aromatic N) is 2. The van der Waals surface area contributed by atoms with Crippen LogP contribution in [-0.4, -0.2) is 21.9 Å². The Bertz CT molecular complexity index is 893. The minimum Gasteiger partial charge on any atom is -0.486 e. The van der Waals surface area contributed by atoms with Gasteiger partial charge in [-0.2, -0.15) is 0 Å². The largest absolute Gasteiger partial charge is 0.486 e. The van der Waals surface area contributed by atoms with E-state index in [1.54, 1.807) is 18.2 Å². The molecule has 1 aromatic carbocycles. The van der Waals surface area contributed by atoms with Gasteiger partial charge in [-0.15, -0.1) is 16.8 Å². The van der Waals surface area contributed by atoms with Gasteiger partial charge < -0.3 is 9.15 Å². The smallest absolute Gasteiger partial charge is 0.293 e. The van der Waals surface area contributed by atoms with E-state index in [1.807, 2.05) is 0 Å². The molecule has 0 aliphatic rings. The van der Waals surface area contributed by atoms with Crippen molar-refractivity contribution >= 4 is 34.1 Å². The highest BCUT2D eigenvalue weighted by Gasteiger charge is 2.14. The van der Waals surface area contributed by atoms with Crippen LogP contribution in [-0.2, 0) is 6.61 Å². The van der Waals surface area contributed by atoms with Gasteiger partial charge in [0.25, 0.3) is 5.91 Å². The fraction of sp³-hybridized carbons (Fsp3) is 0.118. The highest BCUT2D eigenvalue weighted by Crippen LogP contribution is 2.26. The summed E-state index contributed by atoms with van der Waals surface area (Å²) in [6, 6.07) is 8.84. The van der Waals surface area contributed by atoms with Crippen LogP contribution < -0.4 is 10.1 Å². The number of anilines is 1. The first-order valence-corrected chi connectivity index (χ1v) is 9.30. The average molecular weight is 391 g/mol. The summed E-state index contributed by atoms with van der Waals surface area (Å²) in [6.07, 6.45) is 1.77. The van der Waals surface area contributed by atoms with Crippen molar-refractivity contribution in [1.82, 2.24) is 10.2 Å². The summed E-state index contributed by atoms with van der Waals surface area (Å²) in [5.74, 6) is 1.08. The zero-order valence-corrected chi connectivity index (χ0v) is 15.1. The van der Waals surface area contributed by atoms with Crippen molar-refractivity contribution < 1.29 is 18.3 Å². The lowest BCUT2D eigenvalue weighted by molar-refractivity contribution is 0.0992. The number of hydrogen-bond acceptors (Lipinski definition) is 7. The molecule has 0 fully saturated rings. The number of thioether (sulfide) groups is 1. The fourth-order valence-electron chi connectivity index (χ4n) is 1.87. The fourth-order valence-corrected chi connectivity index (χ4v) is 3.38. The van der Waals surface area contributed by atoms with Crippen molar-refractivity contribution in [3.05, 3.63) is 66.4 Å². The van der Waals surface area contributed by atoms with Crippen molar-refractivity contribution in [3.8, 4) is 5.75 Å². The normalized spacial score (nSPS) is 10.5. The second-order valence-electron chi connectivity index (χ2n) is 4.94. The van der Waals surface area contributed by atoms with Crippen LogP contribution >= 0.6 is 23.1 Å². The van der Waals surface area contributed by atoms with Gasteiger partial charge in [0.05, 0.1) is 0 Å². The van der Waals surface area contributed by atoms with Crippen molar-refractivity contribution in [2.24, 2.45) is 0 Å². The molecule has 2 heterocycles. The van der Waals surface area contributed by atoms with Crippen LogP contribution in [0.25, 0.3) is 0 Å². The molecule has 0 bridgehead atoms. The number of ether oxygens (including phenoxy) is 1. The van der Waals surface area contributed by atoms with Crippen LogP contribution in [0.5, 0.6) is 5.75 Å². The van der Waals surface area contributed by atoms with Gasteiger partial charge in [-0.1, -0.05) is 29.2 Å². The standard InChI is InChI=1S/C17H14FN3O3S2/c1-2-9-25-17-21-20-16(26-17)19-15(22)14-8-7-13(24-14)10-23-12-5-3-11(18)4-6-12/h2-8H,1,9-10H2,(H,19,20,22). The topological polar surface area (TPSA) is 77.2 Å². The van der Waals surface area contributed by atoms with Crippen molar-refractivity contribution in [2.45, 2.75) is 10.9 Å². The van der Waals surface area contributed by atoms with Crippen molar-refractivity contribution in [2.75, 3.05) is 11.1 Å². The lowest BCUT2D eigenvalue weighted by Gasteiger charge is -2.03. The molecular weight excluding hydrogens is 377 g/mol. The minimum atomic E-state index is -0.422. The summed E-state index contributed by atoms with van der Waals surface area (Å²) < 4.78 is 24.5. The monoisotopic (exact) mass is 391 g/mol. The third-order valence-corrected chi connectivity index (χ3v) is 5.00. The second-order valence-corrected chi connectivity index (χ2v) is 7.18. The summed E-state index contributed by atoms with van der Waals surface area (Å²) in [4.78, 5) is 12.2. The molecule has 134 valence electrons. The molecule has 1 amide bonds. The third-order valence-electron chi connectivity index (χ3n) is 3.03. The van der Waals surface area contributed by atoms with Gasteiger partial charge in [0, 0.05) is 5.75 Å². The molecule has 0 saturated carbocycles. The minimum absolute atomic E-state index is 0.125. The molecule has 1 N–H and O–H groups in total. The Balaban J connectivity index is 1.54. The Hall–Kier alpha value is -2.65. The number of carbonyl (C=O) groups excluding carboxylic acids is 1. The molecule has 0 atom stereocenters. The zero-order chi connectivity index (χ0) is 18.4. The molecule has 9 heteroatoms. The molecule has 6 nitrogen and oxygen atoms in total. The number of hydrogen-bond donors (Lipinski definition) is 1. The van der Waals surface area contributed by atoms with Gasteiger partial charge in [0.2, 0.25) is 5.13 Å². The molecule has 0 saturated heterocycles. The predicted octanol–water partition coefficient (Wildman–Crippen LogP) is 4.38. The Morgan fingerprint density at radius 1 is 1.31 bits per heavy atom. The third kappa shape index (κ3) is 4.93. The van der Waals surface area contributed by atoms with Gasteiger partial charge in [-0.05, 0) is 36.4 Å². The van der Waals surface area contributed by atoms with Gasteiger partial charge in [-0.3, -0.25) is 10.1 Å². The van der Waals surface area contributed by atoms with Crippen LogP contribution in [0.15, 0.2) is 57.8 Å². The number of halogens is 1. The van der Waals surface area contributed by atoms with Crippen LogP contribution in [0.4, 0.5) is 9.52 Å². The molecule has 3 aromatic rings. The van der Waals surface area contributed by atoms with Gasteiger partial charge in [0.1, 0.15) is 23.9 Å². The first kappa shape index (κ1) is 18.2. The Morgan fingerprint density at radius 3 is 2.88 bits per heavy atom. The molecule has 0 aliphatic heterocycles. The molecular formula is C17H14FN3O3S2. The van der Waals surface area contributed by atoms with Gasteiger partial charge in [0.15, 0.2) is 10.1 Å². The van der Waals surface area contributed by atoms with Crippen LogP contribution in [0.3, 0.4) is 0 Å². The van der Waals surface area contributed by atoms with E-state index < -0.39 is 5.91 Å². The Labute approximate surface area is 157 Å². The van der Waals surface area contributed by atoms with E-state index in [-0.39, 0.29) is 18.2 Å². The Morgan fingerprint density at radius 2 is 2.12 bits per heavy atom. The molecule has 0 unspecified atom stereocenters. The van der Waals surface area contributed by atoms with E-state index in [0.29, 0.717) is 16.6 Å². The summed E-state index contributed by atoms with van der Waals surface area (Å²) in [5.41, 5.74) is 0. The van der Waals surface area contributed by atoms with E-state index in [4.69, 9.17) is 9.15 Å². The first-order chi connectivity index (χ1) is 12.6. The van der Waals surface area contributed by atoms with Gasteiger partial charge >= 0.3 is 0 Å². The summed E-state index contributed by atoms with van der Waals surface area (Å²) >= 11 is 2.76. The number of benzene rings is 1. The van der Waals surface area contributed by atoms with Gasteiger partial charge in [-0.25, -0.2) is 4.39 Å². The average Bonchev–Trinajstić information content (AvgIpc) is 3.29. The maximum absolute atomic E-state index is 12.9. The zero-order valence-electron chi connectivity index (χ0n) is 13.5. The molecule has 0 aliphatic carbocycles. The number of aromatic nitrogens is 2. The number of furan rings is 1. The predicted molar refractivity (Wildman–Crippen MR) is 98.2 cm³/mol. The number of amides is 1. The van der Waals surface area contributed by atoms with Crippen LogP contribution in [0.2, 0.25) is 0 Å². The molecule has 0 radical (unpaired) electrons. The maximum atomic E-state index is 12.9. The highest BCUT2D eigenvalue weighted by atomic mass is 32.2. The van der Waals surface area contributed by atoms with E-state index in [1.165, 1.54) is 47.4 Å². The summed E-state index contributed by atoms with van der Waals surface area (Å²) in [7, 11) is 0. The van der Waals surface area contributed by atoms with E-state index in [9.17, 15) is 9.18 Å². The molecule has 2 aromatic heterocycles. The van der Waals surface area contributed by atoms with E-state index >= 15 is 0 Å². The SMILES string of the molecule is C=CCSc1nnc(NC(=O)c2ccc(COc3ccc(F)cc3)o2)s1. The lowest BCUT2D eigenvalue weighted by Crippen LogP contribution is -2.10. The summed E-state index contributed by atoms with van der Waals surface area (Å²) in [6.45, 7) is 3.76.